The van der Waals surface area contributed by atoms with E-state index in [1.807, 2.05) is 6.07 Å². The van der Waals surface area contributed by atoms with Gasteiger partial charge in [0.1, 0.15) is 5.58 Å². The van der Waals surface area contributed by atoms with Gasteiger partial charge in [0.2, 0.25) is 0 Å². The molecule has 0 saturated heterocycles. The SMILES string of the molecule is CCc1cccc2c1oc1c(N(I)c3ccccc3)cccc12. The summed E-state index contributed by atoms with van der Waals surface area (Å²) in [7, 11) is 0. The summed E-state index contributed by atoms with van der Waals surface area (Å²) in [5.41, 5.74) is 5.42. The second-order valence-electron chi connectivity index (χ2n) is 5.52. The minimum atomic E-state index is 0.946. The van der Waals surface area contributed by atoms with Crippen molar-refractivity contribution in [3.05, 3.63) is 72.3 Å². The standard InChI is InChI=1S/C20H16INO/c1-2-14-8-6-11-16-17-12-7-13-18(20(17)23-19(14)16)22(21)15-9-4-3-5-10-15/h3-13H,2H2,1H3. The van der Waals surface area contributed by atoms with Crippen LogP contribution in [0.25, 0.3) is 21.9 Å². The van der Waals surface area contributed by atoms with Gasteiger partial charge in [0.25, 0.3) is 0 Å². The maximum Gasteiger partial charge on any atom is 0.159 e. The molecule has 0 aliphatic heterocycles. The fourth-order valence-electron chi connectivity index (χ4n) is 2.99. The van der Waals surface area contributed by atoms with E-state index in [9.17, 15) is 0 Å². The molecule has 2 nitrogen and oxygen atoms in total. The smallest absolute Gasteiger partial charge is 0.159 e. The summed E-state index contributed by atoms with van der Waals surface area (Å²) in [4.78, 5) is 0. The van der Waals surface area contributed by atoms with E-state index in [4.69, 9.17) is 4.42 Å². The Bertz CT molecular complexity index is 975. The van der Waals surface area contributed by atoms with Crippen molar-refractivity contribution in [3.63, 3.8) is 0 Å². The third kappa shape index (κ3) is 2.39. The fraction of sp³-hybridized carbons (Fsp3) is 0.100. The molecule has 4 rings (SSSR count). The van der Waals surface area contributed by atoms with E-state index in [1.54, 1.807) is 0 Å². The number of anilines is 2. The summed E-state index contributed by atoms with van der Waals surface area (Å²) in [5.74, 6) is 0. The lowest BCUT2D eigenvalue weighted by Crippen LogP contribution is -2.00. The molecule has 0 unspecified atom stereocenters. The minimum absolute atomic E-state index is 0.946. The van der Waals surface area contributed by atoms with Gasteiger partial charge in [0.05, 0.1) is 34.2 Å². The number of hydrogen-bond acceptors (Lipinski definition) is 2. The van der Waals surface area contributed by atoms with Crippen molar-refractivity contribution >= 4 is 56.2 Å². The van der Waals surface area contributed by atoms with E-state index in [1.165, 1.54) is 16.3 Å². The van der Waals surface area contributed by atoms with Crippen LogP contribution >= 0.6 is 22.9 Å². The van der Waals surface area contributed by atoms with E-state index in [0.717, 1.165) is 29.0 Å². The predicted octanol–water partition coefficient (Wildman–Crippen LogP) is 6.64. The number of aryl methyl sites for hydroxylation is 1. The van der Waals surface area contributed by atoms with Crippen LogP contribution in [-0.4, -0.2) is 0 Å². The van der Waals surface area contributed by atoms with Gasteiger partial charge in [-0.05, 0) is 30.2 Å². The van der Waals surface area contributed by atoms with Crippen LogP contribution in [0.15, 0.2) is 71.1 Å². The van der Waals surface area contributed by atoms with Gasteiger partial charge >= 0.3 is 0 Å². The summed E-state index contributed by atoms with van der Waals surface area (Å²) in [5, 5.41) is 2.37. The molecule has 1 aromatic heterocycles. The van der Waals surface area contributed by atoms with E-state index in [0.29, 0.717) is 0 Å². The zero-order chi connectivity index (χ0) is 15.8. The van der Waals surface area contributed by atoms with Crippen LogP contribution in [0.4, 0.5) is 11.4 Å². The second-order valence-corrected chi connectivity index (χ2v) is 6.48. The summed E-state index contributed by atoms with van der Waals surface area (Å²) >= 11 is 2.34. The van der Waals surface area contributed by atoms with Crippen molar-refractivity contribution in [2.45, 2.75) is 13.3 Å². The van der Waals surface area contributed by atoms with E-state index < -0.39 is 0 Å². The number of para-hydroxylation sites is 3. The van der Waals surface area contributed by atoms with Crippen molar-refractivity contribution in [2.24, 2.45) is 0 Å². The summed E-state index contributed by atoms with van der Waals surface area (Å²) in [6.45, 7) is 2.16. The van der Waals surface area contributed by atoms with Crippen LogP contribution in [-0.2, 0) is 6.42 Å². The molecule has 23 heavy (non-hydrogen) atoms. The quantitative estimate of drug-likeness (QED) is 0.277. The highest BCUT2D eigenvalue weighted by atomic mass is 127. The van der Waals surface area contributed by atoms with Crippen LogP contribution in [0.2, 0.25) is 0 Å². The summed E-state index contributed by atoms with van der Waals surface area (Å²) in [6, 6.07) is 23.1. The number of nitrogens with zero attached hydrogens (tertiary/aromatic N) is 1. The van der Waals surface area contributed by atoms with Crippen molar-refractivity contribution in [1.29, 1.82) is 0 Å². The molecule has 0 radical (unpaired) electrons. The molecule has 0 aliphatic rings. The largest absolute Gasteiger partial charge is 0.454 e. The lowest BCUT2D eigenvalue weighted by atomic mass is 10.1. The average molecular weight is 413 g/mol. The molecule has 0 amide bonds. The number of hydrogen-bond donors (Lipinski definition) is 0. The van der Waals surface area contributed by atoms with Gasteiger partial charge in [0.15, 0.2) is 5.58 Å². The highest BCUT2D eigenvalue weighted by Crippen LogP contribution is 2.40. The molecule has 0 atom stereocenters. The van der Waals surface area contributed by atoms with Gasteiger partial charge in [-0.15, -0.1) is 0 Å². The molecule has 0 N–H and O–H groups in total. The number of halogens is 1. The Kier molecular flexibility index (Phi) is 3.73. The van der Waals surface area contributed by atoms with Crippen molar-refractivity contribution in [2.75, 3.05) is 3.11 Å². The first-order valence-electron chi connectivity index (χ1n) is 7.73. The number of rotatable bonds is 3. The molecular weight excluding hydrogens is 397 g/mol. The van der Waals surface area contributed by atoms with Crippen LogP contribution < -0.4 is 3.11 Å². The fourth-order valence-corrected chi connectivity index (χ4v) is 3.70. The van der Waals surface area contributed by atoms with Gasteiger partial charge in [-0.1, -0.05) is 55.5 Å². The number of benzene rings is 3. The van der Waals surface area contributed by atoms with E-state index in [-0.39, 0.29) is 0 Å². The minimum Gasteiger partial charge on any atom is -0.454 e. The van der Waals surface area contributed by atoms with Crippen molar-refractivity contribution in [3.8, 4) is 0 Å². The lowest BCUT2D eigenvalue weighted by molar-refractivity contribution is 0.664. The monoisotopic (exact) mass is 413 g/mol. The predicted molar refractivity (Wildman–Crippen MR) is 106 cm³/mol. The Balaban J connectivity index is 1.98. The summed E-state index contributed by atoms with van der Waals surface area (Å²) in [6.07, 6.45) is 0.971. The van der Waals surface area contributed by atoms with Gasteiger partial charge in [-0.2, -0.15) is 0 Å². The zero-order valence-electron chi connectivity index (χ0n) is 12.8. The van der Waals surface area contributed by atoms with Crippen LogP contribution in [0.3, 0.4) is 0 Å². The first-order chi connectivity index (χ1) is 11.3. The Morgan fingerprint density at radius 3 is 2.26 bits per heavy atom. The van der Waals surface area contributed by atoms with Crippen molar-refractivity contribution in [1.82, 2.24) is 0 Å². The molecule has 3 aromatic carbocycles. The molecule has 1 heterocycles. The maximum absolute atomic E-state index is 6.30. The Hall–Kier alpha value is -2.01. The molecule has 0 spiro atoms. The van der Waals surface area contributed by atoms with Crippen LogP contribution in [0.1, 0.15) is 12.5 Å². The molecule has 0 aliphatic carbocycles. The molecular formula is C20H16INO. The van der Waals surface area contributed by atoms with Crippen LogP contribution in [0.5, 0.6) is 0 Å². The normalized spacial score (nSPS) is 11.2. The van der Waals surface area contributed by atoms with Gasteiger partial charge in [-0.25, -0.2) is 0 Å². The molecule has 3 heteroatoms. The van der Waals surface area contributed by atoms with Crippen molar-refractivity contribution < 1.29 is 4.42 Å². The lowest BCUT2D eigenvalue weighted by Gasteiger charge is -2.16. The number of fused-ring (bicyclic) bond motifs is 3. The number of furan rings is 1. The van der Waals surface area contributed by atoms with Gasteiger partial charge in [0, 0.05) is 10.8 Å². The third-order valence-corrected chi connectivity index (χ3v) is 5.24. The summed E-state index contributed by atoms with van der Waals surface area (Å²) < 4.78 is 8.45. The average Bonchev–Trinajstić information content (AvgIpc) is 3.00. The Morgan fingerprint density at radius 1 is 0.826 bits per heavy atom. The Morgan fingerprint density at radius 2 is 1.52 bits per heavy atom. The van der Waals surface area contributed by atoms with Crippen LogP contribution in [0, 0.1) is 0 Å². The van der Waals surface area contributed by atoms with Gasteiger partial charge < -0.3 is 4.42 Å². The second kappa shape index (κ2) is 5.89. The maximum atomic E-state index is 6.30. The topological polar surface area (TPSA) is 16.4 Å². The first-order valence-corrected chi connectivity index (χ1v) is 8.70. The van der Waals surface area contributed by atoms with E-state index in [2.05, 4.69) is 93.6 Å². The molecule has 0 saturated carbocycles. The highest BCUT2D eigenvalue weighted by molar-refractivity contribution is 14.1. The third-order valence-electron chi connectivity index (χ3n) is 4.16. The molecule has 0 fully saturated rings. The van der Waals surface area contributed by atoms with Gasteiger partial charge in [-0.3, -0.25) is 3.11 Å². The van der Waals surface area contributed by atoms with E-state index >= 15 is 0 Å². The Labute approximate surface area is 149 Å². The first kappa shape index (κ1) is 14.6. The molecule has 4 aromatic rings. The molecule has 114 valence electrons. The zero-order valence-corrected chi connectivity index (χ0v) is 14.9. The molecule has 0 bridgehead atoms. The highest BCUT2D eigenvalue weighted by Gasteiger charge is 2.16.